The number of hydrogen-bond acceptors (Lipinski definition) is 2. The van der Waals surface area contributed by atoms with E-state index in [9.17, 15) is 4.79 Å². The van der Waals surface area contributed by atoms with E-state index in [-0.39, 0.29) is 5.91 Å². The van der Waals surface area contributed by atoms with Gasteiger partial charge in [-0.1, -0.05) is 60.7 Å². The molecule has 0 saturated carbocycles. The van der Waals surface area contributed by atoms with Gasteiger partial charge in [0, 0.05) is 19.5 Å². The zero-order chi connectivity index (χ0) is 18.2. The fourth-order valence-corrected chi connectivity index (χ4v) is 4.04. The van der Waals surface area contributed by atoms with E-state index in [2.05, 4.69) is 70.9 Å². The average molecular weight is 351 g/mol. The minimum Gasteiger partial charge on any atom is -0.356 e. The Labute approximate surface area is 157 Å². The van der Waals surface area contributed by atoms with Crippen molar-refractivity contribution in [1.29, 1.82) is 0 Å². The summed E-state index contributed by atoms with van der Waals surface area (Å²) in [6, 6.07) is 22.0. The largest absolute Gasteiger partial charge is 0.356 e. The van der Waals surface area contributed by atoms with E-state index in [1.807, 2.05) is 0 Å². The number of likely N-dealkylation sites (tertiary alicyclic amines) is 1. The lowest BCUT2D eigenvalue weighted by Crippen LogP contribution is -2.38. The Kier molecular flexibility index (Phi) is 6.84. The van der Waals surface area contributed by atoms with Crippen molar-refractivity contribution in [3.8, 4) is 0 Å². The molecule has 1 atom stereocenters. The molecule has 3 nitrogen and oxygen atoms in total. The molecule has 0 radical (unpaired) electrons. The summed E-state index contributed by atoms with van der Waals surface area (Å²) < 4.78 is 0. The first kappa shape index (κ1) is 18.7. The van der Waals surface area contributed by atoms with Gasteiger partial charge >= 0.3 is 0 Å². The van der Waals surface area contributed by atoms with Crippen LogP contribution in [0.4, 0.5) is 0 Å². The maximum atomic E-state index is 11.2. The number of carbonyl (C=O) groups excluding carboxylic acids is 1. The highest BCUT2D eigenvalue weighted by molar-refractivity contribution is 5.72. The van der Waals surface area contributed by atoms with Gasteiger partial charge in [0.1, 0.15) is 0 Å². The Bertz CT molecular complexity index is 663. The van der Waals surface area contributed by atoms with Crippen molar-refractivity contribution in [2.24, 2.45) is 5.92 Å². The van der Waals surface area contributed by atoms with E-state index in [0.717, 1.165) is 32.0 Å². The molecule has 2 aromatic carbocycles. The number of carbonyl (C=O) groups is 1. The summed E-state index contributed by atoms with van der Waals surface area (Å²) in [6.07, 6.45) is 4.65. The molecular formula is C23H30N2O. The van der Waals surface area contributed by atoms with Crippen molar-refractivity contribution in [2.45, 2.75) is 38.6 Å². The highest BCUT2D eigenvalue weighted by Gasteiger charge is 2.26. The Morgan fingerprint density at radius 3 is 2.27 bits per heavy atom. The number of nitrogens with zero attached hydrogens (tertiary/aromatic N) is 1. The third-order valence-corrected chi connectivity index (χ3v) is 5.43. The van der Waals surface area contributed by atoms with Gasteiger partial charge in [-0.25, -0.2) is 0 Å². The summed E-state index contributed by atoms with van der Waals surface area (Å²) in [6.45, 7) is 4.60. The van der Waals surface area contributed by atoms with E-state index >= 15 is 0 Å². The molecule has 1 N–H and O–H groups in total. The number of piperidine rings is 1. The zero-order valence-electron chi connectivity index (χ0n) is 15.7. The standard InChI is InChI=1S/C23H30N2O/c1-19(26)24-15-12-23(22-10-6-3-7-11-22)25-16-13-21(14-17-25)18-20-8-4-2-5-9-20/h2-11,21,23H,12-18H2,1H3,(H,24,26). The maximum absolute atomic E-state index is 11.2. The van der Waals surface area contributed by atoms with E-state index in [1.54, 1.807) is 6.92 Å². The normalized spacial score (nSPS) is 17.0. The summed E-state index contributed by atoms with van der Waals surface area (Å²) >= 11 is 0. The smallest absolute Gasteiger partial charge is 0.216 e. The van der Waals surface area contributed by atoms with E-state index in [1.165, 1.54) is 30.4 Å². The molecule has 3 heteroatoms. The van der Waals surface area contributed by atoms with Crippen LogP contribution in [-0.2, 0) is 11.2 Å². The second-order valence-electron chi connectivity index (χ2n) is 7.37. The van der Waals surface area contributed by atoms with Crippen LogP contribution in [0, 0.1) is 5.92 Å². The Hall–Kier alpha value is -2.13. The second kappa shape index (κ2) is 9.54. The topological polar surface area (TPSA) is 32.3 Å². The van der Waals surface area contributed by atoms with Crippen molar-refractivity contribution < 1.29 is 4.79 Å². The molecule has 1 aliphatic rings. The van der Waals surface area contributed by atoms with Crippen LogP contribution >= 0.6 is 0 Å². The number of benzene rings is 2. The van der Waals surface area contributed by atoms with Gasteiger partial charge in [0.05, 0.1) is 0 Å². The van der Waals surface area contributed by atoms with Crippen molar-refractivity contribution in [3.63, 3.8) is 0 Å². The van der Waals surface area contributed by atoms with Crippen molar-refractivity contribution in [1.82, 2.24) is 10.2 Å². The third-order valence-electron chi connectivity index (χ3n) is 5.43. The molecule has 2 aromatic rings. The van der Waals surface area contributed by atoms with E-state index in [0.29, 0.717) is 6.04 Å². The summed E-state index contributed by atoms with van der Waals surface area (Å²) in [5.41, 5.74) is 2.82. The van der Waals surface area contributed by atoms with Gasteiger partial charge in [-0.15, -0.1) is 0 Å². The molecule has 0 aromatic heterocycles. The first-order chi connectivity index (χ1) is 12.7. The average Bonchev–Trinajstić information content (AvgIpc) is 2.67. The van der Waals surface area contributed by atoms with Crippen LogP contribution in [0.1, 0.15) is 43.4 Å². The Morgan fingerprint density at radius 1 is 1.04 bits per heavy atom. The highest BCUT2D eigenvalue weighted by atomic mass is 16.1. The molecule has 1 amide bonds. The molecule has 26 heavy (non-hydrogen) atoms. The van der Waals surface area contributed by atoms with Gasteiger partial charge in [-0.05, 0) is 55.8 Å². The fraction of sp³-hybridized carbons (Fsp3) is 0.435. The Balaban J connectivity index is 1.58. The van der Waals surface area contributed by atoms with Gasteiger partial charge < -0.3 is 5.32 Å². The van der Waals surface area contributed by atoms with E-state index in [4.69, 9.17) is 0 Å². The summed E-state index contributed by atoms with van der Waals surface area (Å²) in [7, 11) is 0. The van der Waals surface area contributed by atoms with E-state index < -0.39 is 0 Å². The van der Waals surface area contributed by atoms with Crippen LogP contribution < -0.4 is 5.32 Å². The van der Waals surface area contributed by atoms with Gasteiger partial charge in [0.2, 0.25) is 5.91 Å². The first-order valence-corrected chi connectivity index (χ1v) is 9.79. The quantitative estimate of drug-likeness (QED) is 0.811. The molecule has 138 valence electrons. The molecule has 0 spiro atoms. The third kappa shape index (κ3) is 5.43. The van der Waals surface area contributed by atoms with Gasteiger partial charge in [-0.2, -0.15) is 0 Å². The monoisotopic (exact) mass is 350 g/mol. The van der Waals surface area contributed by atoms with Crippen molar-refractivity contribution in [2.75, 3.05) is 19.6 Å². The van der Waals surface area contributed by atoms with Gasteiger partial charge in [0.15, 0.2) is 0 Å². The number of rotatable bonds is 7. The predicted octanol–water partition coefficient (Wildman–Crippen LogP) is 4.21. The van der Waals surface area contributed by atoms with Crippen LogP contribution in [0.3, 0.4) is 0 Å². The van der Waals surface area contributed by atoms with Crippen LogP contribution in [0.25, 0.3) is 0 Å². The molecule has 1 saturated heterocycles. The van der Waals surface area contributed by atoms with Crippen molar-refractivity contribution in [3.05, 3.63) is 71.8 Å². The van der Waals surface area contributed by atoms with Crippen LogP contribution in [0.15, 0.2) is 60.7 Å². The molecule has 0 aliphatic carbocycles. The van der Waals surface area contributed by atoms with Crippen LogP contribution in [0.5, 0.6) is 0 Å². The molecule has 1 fully saturated rings. The van der Waals surface area contributed by atoms with Crippen LogP contribution in [0.2, 0.25) is 0 Å². The molecule has 1 heterocycles. The summed E-state index contributed by atoms with van der Waals surface area (Å²) in [4.78, 5) is 13.8. The lowest BCUT2D eigenvalue weighted by Gasteiger charge is -2.38. The van der Waals surface area contributed by atoms with Gasteiger partial charge in [-0.3, -0.25) is 9.69 Å². The molecule has 1 aliphatic heterocycles. The fourth-order valence-electron chi connectivity index (χ4n) is 4.04. The predicted molar refractivity (Wildman–Crippen MR) is 107 cm³/mol. The highest BCUT2D eigenvalue weighted by Crippen LogP contribution is 2.30. The minimum atomic E-state index is 0.0541. The maximum Gasteiger partial charge on any atom is 0.216 e. The summed E-state index contributed by atoms with van der Waals surface area (Å²) in [5, 5.41) is 2.96. The number of hydrogen-bond donors (Lipinski definition) is 1. The van der Waals surface area contributed by atoms with Crippen molar-refractivity contribution >= 4 is 5.91 Å². The number of nitrogens with one attached hydrogen (secondary N) is 1. The number of amides is 1. The van der Waals surface area contributed by atoms with Crippen LogP contribution in [-0.4, -0.2) is 30.4 Å². The first-order valence-electron chi connectivity index (χ1n) is 9.79. The van der Waals surface area contributed by atoms with Gasteiger partial charge in [0.25, 0.3) is 0 Å². The lowest BCUT2D eigenvalue weighted by atomic mass is 9.88. The molecule has 3 rings (SSSR count). The summed E-state index contributed by atoms with van der Waals surface area (Å²) in [5.74, 6) is 0.832. The second-order valence-corrected chi connectivity index (χ2v) is 7.37. The molecule has 0 bridgehead atoms. The lowest BCUT2D eigenvalue weighted by molar-refractivity contribution is -0.119. The molecular weight excluding hydrogens is 320 g/mol. The SMILES string of the molecule is CC(=O)NCCC(c1ccccc1)N1CCC(Cc2ccccc2)CC1. The molecule has 1 unspecified atom stereocenters. The Morgan fingerprint density at radius 2 is 1.65 bits per heavy atom. The minimum absolute atomic E-state index is 0.0541. The zero-order valence-corrected chi connectivity index (χ0v) is 15.7.